The Bertz CT molecular complexity index is 292. The summed E-state index contributed by atoms with van der Waals surface area (Å²) in [6, 6.07) is 0.461. The maximum absolute atomic E-state index is 5.06. The monoisotopic (exact) mass is 209 g/mol. The van der Waals surface area contributed by atoms with Crippen molar-refractivity contribution in [2.75, 3.05) is 20.3 Å². The highest BCUT2D eigenvalue weighted by molar-refractivity contribution is 5.01. The molecule has 1 aromatic rings. The molecule has 1 aromatic heterocycles. The van der Waals surface area contributed by atoms with Gasteiger partial charge in [-0.25, -0.2) is 4.98 Å². The third-order valence-electron chi connectivity index (χ3n) is 2.87. The van der Waals surface area contributed by atoms with Gasteiger partial charge in [-0.2, -0.15) is 0 Å². The Hall–Kier alpha value is -0.870. The Kier molecular flexibility index (Phi) is 3.75. The van der Waals surface area contributed by atoms with Gasteiger partial charge < -0.3 is 14.6 Å². The molecule has 4 heteroatoms. The topological polar surface area (TPSA) is 39.1 Å². The van der Waals surface area contributed by atoms with Crippen molar-refractivity contribution in [3.05, 3.63) is 18.2 Å². The first-order valence-electron chi connectivity index (χ1n) is 5.65. The Morgan fingerprint density at radius 3 is 3.33 bits per heavy atom. The number of nitrogens with one attached hydrogen (secondary N) is 1. The minimum absolute atomic E-state index is 0.461. The minimum atomic E-state index is 0.461. The Balaban J connectivity index is 1.95. The van der Waals surface area contributed by atoms with Crippen LogP contribution in [0.25, 0.3) is 0 Å². The average molecular weight is 209 g/mol. The molecule has 2 heterocycles. The van der Waals surface area contributed by atoms with Crippen molar-refractivity contribution in [3.63, 3.8) is 0 Å². The SMILES string of the molecule is COCCCn1ccnc1C1CCCN1. The largest absolute Gasteiger partial charge is 0.385 e. The van der Waals surface area contributed by atoms with E-state index in [1.165, 1.54) is 18.7 Å². The molecule has 1 unspecified atom stereocenters. The third-order valence-corrected chi connectivity index (χ3v) is 2.87. The summed E-state index contributed by atoms with van der Waals surface area (Å²) in [5.74, 6) is 1.18. The molecule has 1 aliphatic rings. The van der Waals surface area contributed by atoms with E-state index in [2.05, 4.69) is 21.1 Å². The molecular weight excluding hydrogens is 190 g/mol. The van der Waals surface area contributed by atoms with Gasteiger partial charge in [0.1, 0.15) is 5.82 Å². The predicted octanol–water partition coefficient (Wildman–Crippen LogP) is 1.34. The standard InChI is InChI=1S/C11H19N3O/c1-15-9-3-7-14-8-6-13-11(14)10-4-2-5-12-10/h6,8,10,12H,2-5,7,9H2,1H3. The van der Waals surface area contributed by atoms with Crippen LogP contribution in [0.15, 0.2) is 12.4 Å². The number of methoxy groups -OCH3 is 1. The van der Waals surface area contributed by atoms with E-state index < -0.39 is 0 Å². The van der Waals surface area contributed by atoms with Gasteiger partial charge in [-0.15, -0.1) is 0 Å². The lowest BCUT2D eigenvalue weighted by molar-refractivity contribution is 0.189. The molecule has 0 saturated carbocycles. The van der Waals surface area contributed by atoms with E-state index in [-0.39, 0.29) is 0 Å². The van der Waals surface area contributed by atoms with Crippen molar-refractivity contribution in [1.29, 1.82) is 0 Å². The van der Waals surface area contributed by atoms with Crippen molar-refractivity contribution in [1.82, 2.24) is 14.9 Å². The van der Waals surface area contributed by atoms with Crippen LogP contribution in [-0.4, -0.2) is 29.8 Å². The van der Waals surface area contributed by atoms with E-state index in [0.29, 0.717) is 6.04 Å². The lowest BCUT2D eigenvalue weighted by Crippen LogP contribution is -2.18. The number of imidazole rings is 1. The quantitative estimate of drug-likeness (QED) is 0.744. The smallest absolute Gasteiger partial charge is 0.125 e. The molecule has 1 aliphatic heterocycles. The summed E-state index contributed by atoms with van der Waals surface area (Å²) in [6.07, 6.45) is 7.47. The fourth-order valence-corrected chi connectivity index (χ4v) is 2.10. The second-order valence-electron chi connectivity index (χ2n) is 3.97. The molecule has 2 rings (SSSR count). The maximum Gasteiger partial charge on any atom is 0.125 e. The van der Waals surface area contributed by atoms with Gasteiger partial charge in [-0.3, -0.25) is 0 Å². The molecule has 0 aliphatic carbocycles. The first-order valence-corrected chi connectivity index (χ1v) is 5.65. The third kappa shape index (κ3) is 2.58. The molecule has 0 amide bonds. The van der Waals surface area contributed by atoms with Crippen LogP contribution in [0.3, 0.4) is 0 Å². The molecule has 84 valence electrons. The summed E-state index contributed by atoms with van der Waals surface area (Å²) in [7, 11) is 1.74. The van der Waals surface area contributed by atoms with Gasteiger partial charge in [-0.05, 0) is 25.8 Å². The molecule has 0 bridgehead atoms. The maximum atomic E-state index is 5.06. The number of rotatable bonds is 5. The van der Waals surface area contributed by atoms with Gasteiger partial charge in [0.15, 0.2) is 0 Å². The molecule has 15 heavy (non-hydrogen) atoms. The molecular formula is C11H19N3O. The van der Waals surface area contributed by atoms with Crippen LogP contribution < -0.4 is 5.32 Å². The summed E-state index contributed by atoms with van der Waals surface area (Å²) in [4.78, 5) is 4.44. The highest BCUT2D eigenvalue weighted by Gasteiger charge is 2.20. The van der Waals surface area contributed by atoms with Crippen molar-refractivity contribution >= 4 is 0 Å². The average Bonchev–Trinajstić information content (AvgIpc) is 2.87. The molecule has 0 aromatic carbocycles. The zero-order valence-corrected chi connectivity index (χ0v) is 9.28. The number of nitrogens with zero attached hydrogens (tertiary/aromatic N) is 2. The normalized spacial score (nSPS) is 21.0. The zero-order chi connectivity index (χ0) is 10.5. The van der Waals surface area contributed by atoms with Crippen LogP contribution in [0.5, 0.6) is 0 Å². The Labute approximate surface area is 90.6 Å². The lowest BCUT2D eigenvalue weighted by atomic mass is 10.2. The minimum Gasteiger partial charge on any atom is -0.385 e. The summed E-state index contributed by atoms with van der Waals surface area (Å²) in [6.45, 7) is 2.94. The van der Waals surface area contributed by atoms with Crippen molar-refractivity contribution in [2.45, 2.75) is 31.8 Å². The van der Waals surface area contributed by atoms with Crippen molar-refractivity contribution in [2.24, 2.45) is 0 Å². The lowest BCUT2D eigenvalue weighted by Gasteiger charge is -2.12. The van der Waals surface area contributed by atoms with Crippen LogP contribution in [-0.2, 0) is 11.3 Å². The van der Waals surface area contributed by atoms with Gasteiger partial charge in [0.2, 0.25) is 0 Å². The Morgan fingerprint density at radius 2 is 2.60 bits per heavy atom. The first-order chi connectivity index (χ1) is 7.42. The van der Waals surface area contributed by atoms with E-state index in [9.17, 15) is 0 Å². The fraction of sp³-hybridized carbons (Fsp3) is 0.727. The van der Waals surface area contributed by atoms with Gasteiger partial charge in [0.05, 0.1) is 6.04 Å². The molecule has 1 atom stereocenters. The summed E-state index contributed by atoms with van der Waals surface area (Å²) >= 11 is 0. The van der Waals surface area contributed by atoms with E-state index in [4.69, 9.17) is 4.74 Å². The van der Waals surface area contributed by atoms with Gasteiger partial charge in [0.25, 0.3) is 0 Å². The molecule has 1 fully saturated rings. The molecule has 1 saturated heterocycles. The number of hydrogen-bond acceptors (Lipinski definition) is 3. The summed E-state index contributed by atoms with van der Waals surface area (Å²) < 4.78 is 7.29. The molecule has 1 N–H and O–H groups in total. The van der Waals surface area contributed by atoms with Crippen LogP contribution in [0.4, 0.5) is 0 Å². The molecule has 0 spiro atoms. The number of ether oxygens (including phenoxy) is 1. The van der Waals surface area contributed by atoms with E-state index >= 15 is 0 Å². The van der Waals surface area contributed by atoms with E-state index in [1.807, 2.05) is 6.20 Å². The Morgan fingerprint density at radius 1 is 1.67 bits per heavy atom. The molecule has 0 radical (unpaired) electrons. The summed E-state index contributed by atoms with van der Waals surface area (Å²) in [5, 5.41) is 3.48. The van der Waals surface area contributed by atoms with Crippen LogP contribution in [0.2, 0.25) is 0 Å². The van der Waals surface area contributed by atoms with Crippen LogP contribution in [0, 0.1) is 0 Å². The molecule has 4 nitrogen and oxygen atoms in total. The van der Waals surface area contributed by atoms with Gasteiger partial charge in [-0.1, -0.05) is 0 Å². The first kappa shape index (κ1) is 10.6. The van der Waals surface area contributed by atoms with Crippen LogP contribution >= 0.6 is 0 Å². The van der Waals surface area contributed by atoms with Crippen LogP contribution in [0.1, 0.15) is 31.1 Å². The number of aromatic nitrogens is 2. The predicted molar refractivity (Wildman–Crippen MR) is 58.7 cm³/mol. The number of aryl methyl sites for hydroxylation is 1. The van der Waals surface area contributed by atoms with Crippen molar-refractivity contribution < 1.29 is 4.74 Å². The number of hydrogen-bond donors (Lipinski definition) is 1. The fourth-order valence-electron chi connectivity index (χ4n) is 2.10. The van der Waals surface area contributed by atoms with E-state index in [1.54, 1.807) is 7.11 Å². The van der Waals surface area contributed by atoms with Crippen molar-refractivity contribution in [3.8, 4) is 0 Å². The highest BCUT2D eigenvalue weighted by atomic mass is 16.5. The second kappa shape index (κ2) is 5.28. The van der Waals surface area contributed by atoms with Gasteiger partial charge in [0, 0.05) is 32.7 Å². The zero-order valence-electron chi connectivity index (χ0n) is 9.28. The highest BCUT2D eigenvalue weighted by Crippen LogP contribution is 2.21. The van der Waals surface area contributed by atoms with E-state index in [0.717, 1.165) is 26.1 Å². The van der Waals surface area contributed by atoms with Gasteiger partial charge >= 0.3 is 0 Å². The summed E-state index contributed by atoms with van der Waals surface area (Å²) in [5.41, 5.74) is 0. The second-order valence-corrected chi connectivity index (χ2v) is 3.97.